The highest BCUT2D eigenvalue weighted by molar-refractivity contribution is 5.54. The van der Waals surface area contributed by atoms with Gasteiger partial charge in [-0.2, -0.15) is 5.90 Å². The number of benzene rings is 1. The molecule has 0 heterocycles. The van der Waals surface area contributed by atoms with Crippen LogP contribution in [0.25, 0.3) is 6.08 Å². The lowest BCUT2D eigenvalue weighted by Crippen LogP contribution is -2.01. The number of hydrogen-bond donors (Lipinski definition) is 2. The van der Waals surface area contributed by atoms with Gasteiger partial charge in [-0.1, -0.05) is 12.1 Å². The number of hydrogen-bond acceptors (Lipinski definition) is 4. The van der Waals surface area contributed by atoms with Gasteiger partial charge in [-0.3, -0.25) is 0 Å². The van der Waals surface area contributed by atoms with Gasteiger partial charge < -0.3 is 10.6 Å². The second kappa shape index (κ2) is 4.27. The summed E-state index contributed by atoms with van der Waals surface area (Å²) in [5.41, 5.74) is 6.37. The Balaban J connectivity index is 2.86. The third-order valence-electron chi connectivity index (χ3n) is 1.51. The summed E-state index contributed by atoms with van der Waals surface area (Å²) in [6, 6.07) is 7.12. The molecule has 1 aromatic carbocycles. The van der Waals surface area contributed by atoms with Crippen LogP contribution in [0.4, 0.5) is 0 Å². The zero-order valence-electron chi connectivity index (χ0n) is 7.10. The molecule has 68 valence electrons. The largest absolute Gasteiger partial charge is 0.412 e. The molecule has 0 aliphatic heterocycles. The topological polar surface area (TPSA) is 73.6 Å². The molecule has 0 fully saturated rings. The van der Waals surface area contributed by atoms with Gasteiger partial charge in [-0.25, -0.2) is 4.99 Å². The van der Waals surface area contributed by atoms with E-state index in [0.717, 1.165) is 5.56 Å². The first kappa shape index (κ1) is 9.28. The molecule has 0 unspecified atom stereocenters. The molecule has 0 amide bonds. The first-order chi connectivity index (χ1) is 6.26. The van der Waals surface area contributed by atoms with E-state index in [1.807, 2.05) is 12.1 Å². The van der Waals surface area contributed by atoms with Gasteiger partial charge in [0.05, 0.1) is 0 Å². The number of aliphatic imine (C=N–C) groups is 1. The van der Waals surface area contributed by atoms with E-state index in [2.05, 4.69) is 16.5 Å². The maximum Gasteiger partial charge on any atom is 0.146 e. The van der Waals surface area contributed by atoms with Crippen molar-refractivity contribution >= 4 is 12.8 Å². The van der Waals surface area contributed by atoms with Crippen LogP contribution >= 0.6 is 0 Å². The minimum Gasteiger partial charge on any atom is -0.412 e. The van der Waals surface area contributed by atoms with Crippen LogP contribution in [0, 0.1) is 0 Å². The summed E-state index contributed by atoms with van der Waals surface area (Å²) in [6.45, 7) is 3.30. The second-order valence-electron chi connectivity index (χ2n) is 2.41. The van der Waals surface area contributed by atoms with E-state index in [4.69, 9.17) is 11.6 Å². The highest BCUT2D eigenvalue weighted by Gasteiger charge is 1.91. The van der Waals surface area contributed by atoms with Crippen molar-refractivity contribution in [3.63, 3.8) is 0 Å². The van der Waals surface area contributed by atoms with Gasteiger partial charge >= 0.3 is 0 Å². The average molecular weight is 177 g/mol. The van der Waals surface area contributed by atoms with Crippen molar-refractivity contribution in [3.05, 3.63) is 35.6 Å². The normalized spacial score (nSPS) is 11.0. The standard InChI is InChI=1S/C9H11N3O/c1-12-9(10)6-7-2-4-8(13-11)5-3-7/h2-6H,1,10-11H2/b9-6+. The van der Waals surface area contributed by atoms with Crippen molar-refractivity contribution in [1.29, 1.82) is 0 Å². The molecular weight excluding hydrogens is 166 g/mol. The molecule has 0 aliphatic rings. The molecule has 0 bridgehead atoms. The monoisotopic (exact) mass is 177 g/mol. The first-order valence-corrected chi connectivity index (χ1v) is 3.67. The molecule has 0 aromatic heterocycles. The number of nitrogens with two attached hydrogens (primary N) is 2. The fourth-order valence-electron chi connectivity index (χ4n) is 0.859. The molecule has 13 heavy (non-hydrogen) atoms. The van der Waals surface area contributed by atoms with Crippen molar-refractivity contribution in [1.82, 2.24) is 0 Å². The fraction of sp³-hybridized carbons (Fsp3) is 0. The summed E-state index contributed by atoms with van der Waals surface area (Å²) in [6.07, 6.45) is 1.70. The third-order valence-corrected chi connectivity index (χ3v) is 1.51. The van der Waals surface area contributed by atoms with Gasteiger partial charge in [0, 0.05) is 0 Å². The zero-order valence-corrected chi connectivity index (χ0v) is 7.10. The van der Waals surface area contributed by atoms with Crippen molar-refractivity contribution in [2.45, 2.75) is 0 Å². The first-order valence-electron chi connectivity index (χ1n) is 3.67. The summed E-state index contributed by atoms with van der Waals surface area (Å²) in [4.78, 5) is 8.07. The van der Waals surface area contributed by atoms with Gasteiger partial charge in [0.2, 0.25) is 0 Å². The van der Waals surface area contributed by atoms with E-state index >= 15 is 0 Å². The highest BCUT2D eigenvalue weighted by Crippen LogP contribution is 2.12. The molecule has 1 rings (SSSR count). The maximum absolute atomic E-state index is 5.45. The molecule has 0 saturated carbocycles. The Bertz CT molecular complexity index is 316. The molecule has 4 N–H and O–H groups in total. The van der Waals surface area contributed by atoms with E-state index in [1.54, 1.807) is 18.2 Å². The van der Waals surface area contributed by atoms with Crippen LogP contribution in [-0.4, -0.2) is 6.72 Å². The predicted molar refractivity (Wildman–Crippen MR) is 53.0 cm³/mol. The molecule has 0 saturated heterocycles. The van der Waals surface area contributed by atoms with Crippen molar-refractivity contribution in [3.8, 4) is 5.75 Å². The fourth-order valence-corrected chi connectivity index (χ4v) is 0.859. The summed E-state index contributed by atoms with van der Waals surface area (Å²) in [5.74, 6) is 5.93. The molecular formula is C9H11N3O. The van der Waals surface area contributed by atoms with Gasteiger partial charge in [-0.05, 0) is 30.5 Å². The minimum atomic E-state index is 0.376. The van der Waals surface area contributed by atoms with Crippen LogP contribution in [-0.2, 0) is 0 Å². The Labute approximate surface area is 76.5 Å². The molecule has 4 heteroatoms. The van der Waals surface area contributed by atoms with Crippen LogP contribution in [0.2, 0.25) is 0 Å². The van der Waals surface area contributed by atoms with E-state index in [0.29, 0.717) is 11.6 Å². The smallest absolute Gasteiger partial charge is 0.146 e. The quantitative estimate of drug-likeness (QED) is 0.532. The molecule has 0 aliphatic carbocycles. The van der Waals surface area contributed by atoms with Crippen LogP contribution in [0.5, 0.6) is 5.75 Å². The highest BCUT2D eigenvalue weighted by atomic mass is 16.6. The van der Waals surface area contributed by atoms with E-state index in [-0.39, 0.29) is 0 Å². The van der Waals surface area contributed by atoms with Crippen molar-refractivity contribution in [2.75, 3.05) is 0 Å². The van der Waals surface area contributed by atoms with Crippen molar-refractivity contribution in [2.24, 2.45) is 16.6 Å². The molecule has 0 radical (unpaired) electrons. The molecule has 0 spiro atoms. The van der Waals surface area contributed by atoms with E-state index in [1.165, 1.54) is 0 Å². The van der Waals surface area contributed by atoms with Crippen LogP contribution < -0.4 is 16.5 Å². The van der Waals surface area contributed by atoms with Crippen LogP contribution in [0.3, 0.4) is 0 Å². The SMILES string of the molecule is C=N/C(N)=C/c1ccc(ON)cc1. The molecule has 1 aromatic rings. The second-order valence-corrected chi connectivity index (χ2v) is 2.41. The Morgan fingerprint density at radius 3 is 2.46 bits per heavy atom. The van der Waals surface area contributed by atoms with E-state index < -0.39 is 0 Å². The van der Waals surface area contributed by atoms with Gasteiger partial charge in [0.15, 0.2) is 0 Å². The lowest BCUT2D eigenvalue weighted by molar-refractivity contribution is 0.334. The van der Waals surface area contributed by atoms with Crippen molar-refractivity contribution < 1.29 is 4.84 Å². The molecule has 4 nitrogen and oxygen atoms in total. The maximum atomic E-state index is 5.45. The Kier molecular flexibility index (Phi) is 3.05. The summed E-state index contributed by atoms with van der Waals surface area (Å²) in [7, 11) is 0. The zero-order chi connectivity index (χ0) is 9.68. The van der Waals surface area contributed by atoms with E-state index in [9.17, 15) is 0 Å². The lowest BCUT2D eigenvalue weighted by atomic mass is 10.2. The Hall–Kier alpha value is -1.81. The summed E-state index contributed by atoms with van der Waals surface area (Å²) < 4.78 is 0. The number of rotatable bonds is 3. The Morgan fingerprint density at radius 1 is 1.38 bits per heavy atom. The molecule has 0 atom stereocenters. The van der Waals surface area contributed by atoms with Gasteiger partial charge in [0.1, 0.15) is 11.6 Å². The predicted octanol–water partition coefficient (Wildman–Crippen LogP) is 0.897. The van der Waals surface area contributed by atoms with Crippen LogP contribution in [0.1, 0.15) is 5.56 Å². The average Bonchev–Trinajstić information content (AvgIpc) is 2.19. The number of nitrogens with zero attached hydrogens (tertiary/aromatic N) is 1. The Morgan fingerprint density at radius 2 is 2.00 bits per heavy atom. The summed E-state index contributed by atoms with van der Waals surface area (Å²) in [5, 5.41) is 0. The summed E-state index contributed by atoms with van der Waals surface area (Å²) >= 11 is 0. The lowest BCUT2D eigenvalue weighted by Gasteiger charge is -1.98. The van der Waals surface area contributed by atoms with Crippen LogP contribution in [0.15, 0.2) is 35.1 Å². The third kappa shape index (κ3) is 2.61. The van der Waals surface area contributed by atoms with Gasteiger partial charge in [0.25, 0.3) is 0 Å². The van der Waals surface area contributed by atoms with Gasteiger partial charge in [-0.15, -0.1) is 0 Å². The minimum absolute atomic E-state index is 0.376.